The Hall–Kier alpha value is -3.98. The Bertz CT molecular complexity index is 1080. The van der Waals surface area contributed by atoms with Crippen LogP contribution in [0.1, 0.15) is 46.2 Å². The molecule has 9 nitrogen and oxygen atoms in total. The lowest BCUT2D eigenvalue weighted by Crippen LogP contribution is -2.23. The molecule has 0 aliphatic carbocycles. The van der Waals surface area contributed by atoms with Gasteiger partial charge in [-0.2, -0.15) is 0 Å². The topological polar surface area (TPSA) is 107 Å². The quantitative estimate of drug-likeness (QED) is 0.250. The average Bonchev–Trinajstić information content (AvgIpc) is 3.33. The molecule has 2 aromatic carbocycles. The number of hydroxylamine groups is 1. The first-order valence-corrected chi connectivity index (χ1v) is 10.7. The van der Waals surface area contributed by atoms with Crippen LogP contribution in [0.3, 0.4) is 0 Å². The first kappa shape index (κ1) is 23.7. The fourth-order valence-electron chi connectivity index (χ4n) is 2.93. The van der Waals surface area contributed by atoms with Crippen molar-refractivity contribution in [1.29, 1.82) is 0 Å². The molecular formula is C24H27N5O4. The number of ether oxygens (including phenoxy) is 1. The number of nitrogens with one attached hydrogen (secondary N) is 2. The van der Waals surface area contributed by atoms with E-state index >= 15 is 0 Å². The predicted octanol–water partition coefficient (Wildman–Crippen LogP) is 3.22. The molecular weight excluding hydrogens is 422 g/mol. The number of unbranched alkanes of at least 4 members (excludes halogenated alkanes) is 1. The second kappa shape index (κ2) is 12.2. The molecule has 3 rings (SSSR count). The Kier molecular flexibility index (Phi) is 8.72. The summed E-state index contributed by atoms with van der Waals surface area (Å²) in [4.78, 5) is 29.9. The van der Waals surface area contributed by atoms with Crippen LogP contribution in [0.4, 0.5) is 0 Å². The molecule has 2 N–H and O–H groups in total. The van der Waals surface area contributed by atoms with Gasteiger partial charge in [0, 0.05) is 12.1 Å². The summed E-state index contributed by atoms with van der Waals surface area (Å²) in [7, 11) is 0. The minimum atomic E-state index is -0.524. The minimum absolute atomic E-state index is 0.0773. The van der Waals surface area contributed by atoms with Crippen LogP contribution in [-0.4, -0.2) is 40.0 Å². The van der Waals surface area contributed by atoms with E-state index in [1.807, 2.05) is 43.3 Å². The van der Waals surface area contributed by atoms with Crippen molar-refractivity contribution in [3.05, 3.63) is 84.2 Å². The van der Waals surface area contributed by atoms with Crippen molar-refractivity contribution in [1.82, 2.24) is 25.8 Å². The standard InChI is InChI=1S/C24H27N5O4/c1-3-5-9-14-32-22-15-19(23(30)25-4-2)12-13-21(22)29-16-20(26-28-29)24(31)27-33-17-18-10-7-6-8-11-18/h3,6-8,10-13,15-16H,1,4-5,9,14,17H2,2H3,(H,25,30)(H,27,31). The maximum atomic E-state index is 12.4. The predicted molar refractivity (Wildman–Crippen MR) is 123 cm³/mol. The van der Waals surface area contributed by atoms with E-state index in [1.165, 1.54) is 10.9 Å². The Labute approximate surface area is 192 Å². The molecule has 0 fully saturated rings. The number of carbonyl (C=O) groups excluding carboxylic acids is 2. The Morgan fingerprint density at radius 2 is 1.97 bits per heavy atom. The van der Waals surface area contributed by atoms with Crippen molar-refractivity contribution in [2.24, 2.45) is 0 Å². The number of hydrogen-bond acceptors (Lipinski definition) is 6. The van der Waals surface area contributed by atoms with Gasteiger partial charge < -0.3 is 10.1 Å². The second-order valence-electron chi connectivity index (χ2n) is 7.08. The van der Waals surface area contributed by atoms with Crippen LogP contribution in [-0.2, 0) is 11.4 Å². The molecule has 0 radical (unpaired) electrons. The molecule has 33 heavy (non-hydrogen) atoms. The van der Waals surface area contributed by atoms with Crippen molar-refractivity contribution in [3.8, 4) is 11.4 Å². The molecule has 0 atom stereocenters. The van der Waals surface area contributed by atoms with Gasteiger partial charge in [-0.05, 0) is 43.5 Å². The summed E-state index contributed by atoms with van der Waals surface area (Å²) in [6, 6.07) is 14.5. The van der Waals surface area contributed by atoms with E-state index in [0.717, 1.165) is 18.4 Å². The van der Waals surface area contributed by atoms with Crippen LogP contribution in [0.15, 0.2) is 67.4 Å². The molecule has 0 aliphatic heterocycles. The largest absolute Gasteiger partial charge is 0.491 e. The van der Waals surface area contributed by atoms with Crippen molar-refractivity contribution < 1.29 is 19.2 Å². The molecule has 0 aliphatic rings. The van der Waals surface area contributed by atoms with Crippen molar-refractivity contribution in [3.63, 3.8) is 0 Å². The summed E-state index contributed by atoms with van der Waals surface area (Å²) in [6.45, 7) is 6.74. The van der Waals surface area contributed by atoms with E-state index in [-0.39, 0.29) is 18.2 Å². The summed E-state index contributed by atoms with van der Waals surface area (Å²) in [6.07, 6.45) is 4.87. The monoisotopic (exact) mass is 449 g/mol. The van der Waals surface area contributed by atoms with Crippen molar-refractivity contribution in [2.75, 3.05) is 13.2 Å². The highest BCUT2D eigenvalue weighted by molar-refractivity contribution is 5.95. The fraction of sp³-hybridized carbons (Fsp3) is 0.250. The van der Waals surface area contributed by atoms with Crippen LogP contribution in [0, 0.1) is 0 Å². The van der Waals surface area contributed by atoms with Crippen LogP contribution in [0.5, 0.6) is 5.75 Å². The first-order valence-electron chi connectivity index (χ1n) is 10.7. The first-order chi connectivity index (χ1) is 16.1. The van der Waals surface area contributed by atoms with Crippen LogP contribution < -0.4 is 15.5 Å². The molecule has 0 spiro atoms. The van der Waals surface area contributed by atoms with Crippen LogP contribution >= 0.6 is 0 Å². The third-order valence-corrected chi connectivity index (χ3v) is 4.59. The van der Waals surface area contributed by atoms with Gasteiger partial charge in [-0.1, -0.05) is 41.6 Å². The van der Waals surface area contributed by atoms with Gasteiger partial charge in [0.15, 0.2) is 5.69 Å². The number of carbonyl (C=O) groups is 2. The minimum Gasteiger partial charge on any atom is -0.491 e. The normalized spacial score (nSPS) is 10.5. The maximum Gasteiger partial charge on any atom is 0.297 e. The van der Waals surface area contributed by atoms with E-state index in [2.05, 4.69) is 27.7 Å². The van der Waals surface area contributed by atoms with Gasteiger partial charge in [0.25, 0.3) is 11.8 Å². The van der Waals surface area contributed by atoms with Crippen molar-refractivity contribution >= 4 is 11.8 Å². The number of hydrogen-bond donors (Lipinski definition) is 2. The van der Waals surface area contributed by atoms with Gasteiger partial charge in [0.05, 0.1) is 19.4 Å². The highest BCUT2D eigenvalue weighted by Crippen LogP contribution is 2.25. The van der Waals surface area contributed by atoms with E-state index < -0.39 is 5.91 Å². The van der Waals surface area contributed by atoms with Crippen molar-refractivity contribution in [2.45, 2.75) is 26.4 Å². The molecule has 3 aromatic rings. The number of amides is 2. The smallest absolute Gasteiger partial charge is 0.297 e. The van der Waals surface area contributed by atoms with Gasteiger partial charge in [-0.25, -0.2) is 10.2 Å². The molecule has 1 heterocycles. The Morgan fingerprint density at radius 3 is 2.73 bits per heavy atom. The lowest BCUT2D eigenvalue weighted by Gasteiger charge is -2.12. The summed E-state index contributed by atoms with van der Waals surface area (Å²) < 4.78 is 7.33. The van der Waals surface area contributed by atoms with Crippen LogP contribution in [0.2, 0.25) is 0 Å². The molecule has 0 bridgehead atoms. The number of aromatic nitrogens is 3. The summed E-state index contributed by atoms with van der Waals surface area (Å²) in [5, 5.41) is 10.7. The van der Waals surface area contributed by atoms with Gasteiger partial charge in [-0.3, -0.25) is 14.4 Å². The number of allylic oxidation sites excluding steroid dienone is 1. The highest BCUT2D eigenvalue weighted by Gasteiger charge is 2.16. The Morgan fingerprint density at radius 1 is 1.15 bits per heavy atom. The van der Waals surface area contributed by atoms with Gasteiger partial charge >= 0.3 is 0 Å². The zero-order valence-electron chi connectivity index (χ0n) is 18.5. The zero-order chi connectivity index (χ0) is 23.5. The fourth-order valence-corrected chi connectivity index (χ4v) is 2.93. The van der Waals surface area contributed by atoms with E-state index in [0.29, 0.717) is 30.2 Å². The Balaban J connectivity index is 1.72. The molecule has 0 saturated heterocycles. The van der Waals surface area contributed by atoms with Gasteiger partial charge in [0.1, 0.15) is 11.4 Å². The molecule has 1 aromatic heterocycles. The summed E-state index contributed by atoms with van der Waals surface area (Å²) in [5.74, 6) is -0.265. The third-order valence-electron chi connectivity index (χ3n) is 4.59. The zero-order valence-corrected chi connectivity index (χ0v) is 18.5. The van der Waals surface area contributed by atoms with Gasteiger partial charge in [-0.15, -0.1) is 11.7 Å². The molecule has 9 heteroatoms. The SMILES string of the molecule is C=CCCCOc1cc(C(=O)NCC)ccc1-n1cc(C(=O)NOCc2ccccc2)nn1. The lowest BCUT2D eigenvalue weighted by molar-refractivity contribution is 0.0229. The lowest BCUT2D eigenvalue weighted by atomic mass is 10.1. The maximum absolute atomic E-state index is 12.4. The average molecular weight is 450 g/mol. The number of rotatable bonds is 12. The molecule has 2 amide bonds. The number of benzene rings is 2. The molecule has 172 valence electrons. The van der Waals surface area contributed by atoms with E-state index in [9.17, 15) is 9.59 Å². The van der Waals surface area contributed by atoms with Crippen LogP contribution in [0.25, 0.3) is 5.69 Å². The van der Waals surface area contributed by atoms with E-state index in [4.69, 9.17) is 9.57 Å². The third kappa shape index (κ3) is 6.75. The number of nitrogens with zero attached hydrogens (tertiary/aromatic N) is 3. The summed E-state index contributed by atoms with van der Waals surface area (Å²) in [5.41, 5.74) is 4.38. The second-order valence-corrected chi connectivity index (χ2v) is 7.08. The summed E-state index contributed by atoms with van der Waals surface area (Å²) >= 11 is 0. The van der Waals surface area contributed by atoms with Gasteiger partial charge in [0.2, 0.25) is 0 Å². The molecule has 0 unspecified atom stereocenters. The van der Waals surface area contributed by atoms with E-state index in [1.54, 1.807) is 18.2 Å². The highest BCUT2D eigenvalue weighted by atomic mass is 16.6. The molecule has 0 saturated carbocycles.